The second-order valence-electron chi connectivity index (χ2n) is 7.17. The van der Waals surface area contributed by atoms with Crippen LogP contribution in [0.4, 0.5) is 5.69 Å². The first kappa shape index (κ1) is 20.9. The summed E-state index contributed by atoms with van der Waals surface area (Å²) in [6.07, 6.45) is 0.201. The molecule has 2 heterocycles. The number of carbonyl (C=O) groups excluding carboxylic acids is 1. The van der Waals surface area contributed by atoms with Gasteiger partial charge >= 0.3 is 0 Å². The van der Waals surface area contributed by atoms with Crippen molar-refractivity contribution in [1.82, 2.24) is 4.90 Å². The fourth-order valence-corrected chi connectivity index (χ4v) is 5.06. The average Bonchev–Trinajstić information content (AvgIpc) is 2.83. The molecule has 2 aromatic rings. The number of ether oxygens (including phenoxy) is 3. The molecule has 1 fully saturated rings. The minimum atomic E-state index is -0.367. The molecule has 7 nitrogen and oxygen atoms in total. The van der Waals surface area contributed by atoms with Crippen molar-refractivity contribution in [3.8, 4) is 23.3 Å². The van der Waals surface area contributed by atoms with Gasteiger partial charge in [0, 0.05) is 23.6 Å². The Morgan fingerprint density at radius 3 is 2.39 bits per heavy atom. The van der Waals surface area contributed by atoms with E-state index in [2.05, 4.69) is 11.0 Å². The summed E-state index contributed by atoms with van der Waals surface area (Å²) in [7, 11) is 4.81. The topological polar surface area (TPSA) is 75.0 Å². The van der Waals surface area contributed by atoms with E-state index in [1.807, 2.05) is 36.4 Å². The Bertz CT molecular complexity index is 1060. The van der Waals surface area contributed by atoms with Crippen LogP contribution in [0.5, 0.6) is 17.2 Å². The molecule has 0 radical (unpaired) electrons. The summed E-state index contributed by atoms with van der Waals surface area (Å²) in [5.41, 5.74) is 2.37. The van der Waals surface area contributed by atoms with E-state index >= 15 is 0 Å². The lowest BCUT2D eigenvalue weighted by Gasteiger charge is -2.42. The van der Waals surface area contributed by atoms with E-state index in [1.54, 1.807) is 32.3 Å². The summed E-state index contributed by atoms with van der Waals surface area (Å²) in [6, 6.07) is 15.6. The third-order valence-corrected chi connectivity index (χ3v) is 6.70. The monoisotopic (exact) mass is 437 g/mol. The molecule has 1 amide bonds. The lowest BCUT2D eigenvalue weighted by atomic mass is 9.86. The highest BCUT2D eigenvalue weighted by atomic mass is 32.2. The van der Waals surface area contributed by atoms with Crippen LogP contribution in [-0.4, -0.2) is 44.7 Å². The van der Waals surface area contributed by atoms with Crippen LogP contribution in [0.2, 0.25) is 0 Å². The van der Waals surface area contributed by atoms with Gasteiger partial charge in [-0.25, -0.2) is 0 Å². The number of nitriles is 1. The van der Waals surface area contributed by atoms with Gasteiger partial charge in [0.2, 0.25) is 5.91 Å². The predicted molar refractivity (Wildman–Crippen MR) is 119 cm³/mol. The summed E-state index contributed by atoms with van der Waals surface area (Å²) in [6.45, 7) is 0.403. The van der Waals surface area contributed by atoms with Crippen LogP contribution in [0.1, 0.15) is 17.9 Å². The Labute approximate surface area is 185 Å². The maximum Gasteiger partial charge on any atom is 0.229 e. The van der Waals surface area contributed by atoms with Crippen LogP contribution >= 0.6 is 11.8 Å². The maximum atomic E-state index is 13.2. The van der Waals surface area contributed by atoms with Gasteiger partial charge in [-0.15, -0.1) is 0 Å². The van der Waals surface area contributed by atoms with Crippen molar-refractivity contribution in [2.45, 2.75) is 12.3 Å². The third kappa shape index (κ3) is 3.89. The van der Waals surface area contributed by atoms with E-state index in [4.69, 9.17) is 14.2 Å². The molecule has 0 saturated carbocycles. The van der Waals surface area contributed by atoms with Gasteiger partial charge in [-0.3, -0.25) is 9.69 Å². The summed E-state index contributed by atoms with van der Waals surface area (Å²) >= 11 is 1.50. The smallest absolute Gasteiger partial charge is 0.229 e. The van der Waals surface area contributed by atoms with Gasteiger partial charge < -0.3 is 19.1 Å². The second kappa shape index (κ2) is 8.82. The number of methoxy groups -OCH3 is 3. The molecule has 0 aliphatic carbocycles. The highest BCUT2D eigenvalue weighted by Crippen LogP contribution is 2.46. The van der Waals surface area contributed by atoms with Crippen molar-refractivity contribution in [1.29, 1.82) is 5.26 Å². The lowest BCUT2D eigenvalue weighted by Crippen LogP contribution is -2.47. The second-order valence-corrected chi connectivity index (χ2v) is 8.10. The van der Waals surface area contributed by atoms with Crippen molar-refractivity contribution in [2.75, 3.05) is 38.8 Å². The van der Waals surface area contributed by atoms with Gasteiger partial charge in [-0.1, -0.05) is 11.8 Å². The molecule has 1 atom stereocenters. The fraction of sp³-hybridized carbons (Fsp3) is 0.304. The van der Waals surface area contributed by atoms with E-state index < -0.39 is 0 Å². The van der Waals surface area contributed by atoms with Crippen molar-refractivity contribution in [3.05, 3.63) is 58.6 Å². The van der Waals surface area contributed by atoms with Gasteiger partial charge in [-0.2, -0.15) is 5.26 Å². The maximum absolute atomic E-state index is 13.2. The SMILES string of the molecule is COc1ccc(N2CSC3=C(C#N)[C@H](c4cc(OC)ccc4OC)CC(=O)N3C2)cc1. The van der Waals surface area contributed by atoms with Gasteiger partial charge in [0.15, 0.2) is 0 Å². The largest absolute Gasteiger partial charge is 0.497 e. The Kier molecular flexibility index (Phi) is 5.96. The molecule has 2 aromatic carbocycles. The van der Waals surface area contributed by atoms with E-state index in [9.17, 15) is 10.1 Å². The normalized spacial score (nSPS) is 18.4. The number of rotatable bonds is 5. The molecule has 8 heteroatoms. The molecular formula is C23H23N3O4S. The quantitative estimate of drug-likeness (QED) is 0.701. The summed E-state index contributed by atoms with van der Waals surface area (Å²) < 4.78 is 16.1. The number of hydrogen-bond acceptors (Lipinski definition) is 7. The first-order valence-corrected chi connectivity index (χ1v) is 10.8. The standard InChI is InChI=1S/C23H23N3O4S/c1-28-16-6-4-15(5-7-16)25-13-26-22(27)11-18(20(12-24)23(26)31-14-25)19-10-17(29-2)8-9-21(19)30-3/h4-10,18H,11,13-14H2,1-3H3/t18-/m0/s1. The number of thioether (sulfide) groups is 1. The first-order chi connectivity index (χ1) is 15.1. The van der Waals surface area contributed by atoms with Crippen molar-refractivity contribution in [3.63, 3.8) is 0 Å². The highest BCUT2D eigenvalue weighted by molar-refractivity contribution is 8.03. The number of nitrogens with zero attached hydrogens (tertiary/aromatic N) is 3. The molecular weight excluding hydrogens is 414 g/mol. The summed E-state index contributed by atoms with van der Waals surface area (Å²) in [5, 5.41) is 10.7. The molecule has 160 valence electrons. The molecule has 2 aliphatic heterocycles. The number of carbonyl (C=O) groups is 1. The Morgan fingerprint density at radius 1 is 1.03 bits per heavy atom. The molecule has 0 aromatic heterocycles. The zero-order chi connectivity index (χ0) is 22.0. The molecule has 1 saturated heterocycles. The molecule has 0 spiro atoms. The lowest BCUT2D eigenvalue weighted by molar-refractivity contribution is -0.129. The number of benzene rings is 2. The zero-order valence-electron chi connectivity index (χ0n) is 17.6. The highest BCUT2D eigenvalue weighted by Gasteiger charge is 2.39. The summed E-state index contributed by atoms with van der Waals surface area (Å²) in [4.78, 5) is 17.0. The van der Waals surface area contributed by atoms with Gasteiger partial charge in [0.05, 0.1) is 50.5 Å². The molecule has 4 rings (SSSR count). The van der Waals surface area contributed by atoms with Crippen LogP contribution in [0.25, 0.3) is 0 Å². The number of fused-ring (bicyclic) bond motifs is 1. The number of allylic oxidation sites excluding steroid dienone is 1. The Morgan fingerprint density at radius 2 is 1.74 bits per heavy atom. The first-order valence-electron chi connectivity index (χ1n) is 9.78. The third-order valence-electron chi connectivity index (χ3n) is 5.54. The molecule has 0 unspecified atom stereocenters. The molecule has 2 aliphatic rings. The van der Waals surface area contributed by atoms with Crippen LogP contribution in [-0.2, 0) is 4.79 Å². The average molecular weight is 438 g/mol. The molecule has 0 bridgehead atoms. The van der Waals surface area contributed by atoms with Crippen LogP contribution in [0.15, 0.2) is 53.1 Å². The van der Waals surface area contributed by atoms with E-state index in [0.717, 1.165) is 22.0 Å². The zero-order valence-corrected chi connectivity index (χ0v) is 18.4. The van der Waals surface area contributed by atoms with E-state index in [-0.39, 0.29) is 18.2 Å². The van der Waals surface area contributed by atoms with Crippen LogP contribution < -0.4 is 19.1 Å². The van der Waals surface area contributed by atoms with E-state index in [0.29, 0.717) is 29.6 Å². The number of anilines is 1. The predicted octanol–water partition coefficient (Wildman–Crippen LogP) is 3.93. The van der Waals surface area contributed by atoms with Crippen molar-refractivity contribution < 1.29 is 19.0 Å². The molecule has 0 N–H and O–H groups in total. The van der Waals surface area contributed by atoms with Crippen molar-refractivity contribution >= 4 is 23.4 Å². The van der Waals surface area contributed by atoms with Crippen LogP contribution in [0.3, 0.4) is 0 Å². The number of hydrogen-bond donors (Lipinski definition) is 0. The van der Waals surface area contributed by atoms with Gasteiger partial charge in [0.25, 0.3) is 0 Å². The van der Waals surface area contributed by atoms with Crippen molar-refractivity contribution in [2.24, 2.45) is 0 Å². The van der Waals surface area contributed by atoms with Gasteiger partial charge in [0.1, 0.15) is 17.2 Å². The minimum absolute atomic E-state index is 0.0189. The Balaban J connectivity index is 1.67. The Hall–Kier alpha value is -3.31. The molecule has 31 heavy (non-hydrogen) atoms. The van der Waals surface area contributed by atoms with Crippen LogP contribution in [0, 0.1) is 11.3 Å². The fourth-order valence-electron chi connectivity index (χ4n) is 3.90. The summed E-state index contributed by atoms with van der Waals surface area (Å²) in [5.74, 6) is 2.34. The van der Waals surface area contributed by atoms with Gasteiger partial charge in [-0.05, 0) is 42.5 Å². The van der Waals surface area contributed by atoms with E-state index in [1.165, 1.54) is 11.8 Å². The number of amides is 1. The minimum Gasteiger partial charge on any atom is -0.497 e.